The minimum Gasteiger partial charge on any atom is -0.506 e. The molecule has 0 amide bonds. The van der Waals surface area contributed by atoms with Crippen LogP contribution in [0.3, 0.4) is 0 Å². The van der Waals surface area contributed by atoms with Crippen LogP contribution in [-0.4, -0.2) is 34.6 Å². The van der Waals surface area contributed by atoms with E-state index in [0.29, 0.717) is 29.7 Å². The van der Waals surface area contributed by atoms with E-state index in [1.165, 1.54) is 4.57 Å². The van der Waals surface area contributed by atoms with Crippen molar-refractivity contribution in [2.45, 2.75) is 17.9 Å². The van der Waals surface area contributed by atoms with Crippen LogP contribution in [0.4, 0.5) is 5.69 Å². The summed E-state index contributed by atoms with van der Waals surface area (Å²) in [4.78, 5) is 21.6. The standard InChI is InChI=1S/C25H21N5O4S/c31-22-17-7-5-12-26-24(17)30(13-11-15-14-27-18-8-2-1-6-16(15)18)25(32)21(22)23-28-19-9-3-4-10-20(19)35(33,34)29-23/h1-10,12,14,27,31,33-34H,11,13H2,(H,28,29). The molecule has 0 radical (unpaired) electrons. The highest BCUT2D eigenvalue weighted by Gasteiger charge is 2.30. The molecule has 5 N–H and O–H groups in total. The van der Waals surface area contributed by atoms with E-state index in [9.17, 15) is 19.0 Å². The molecule has 3 aromatic heterocycles. The molecule has 6 rings (SSSR count). The van der Waals surface area contributed by atoms with Crippen molar-refractivity contribution in [3.63, 3.8) is 0 Å². The molecule has 0 aliphatic carbocycles. The fourth-order valence-electron chi connectivity index (χ4n) is 4.50. The molecular formula is C25H21N5O4S. The number of aromatic hydroxyl groups is 1. The number of nitrogens with one attached hydrogen (secondary N) is 2. The van der Waals surface area contributed by atoms with E-state index in [1.54, 1.807) is 42.6 Å². The van der Waals surface area contributed by atoms with Gasteiger partial charge in [-0.1, -0.05) is 41.1 Å². The summed E-state index contributed by atoms with van der Waals surface area (Å²) < 4.78 is 26.8. The van der Waals surface area contributed by atoms with Crippen molar-refractivity contribution in [3.05, 3.63) is 94.5 Å². The maximum absolute atomic E-state index is 13.7. The van der Waals surface area contributed by atoms with Gasteiger partial charge in [0.15, 0.2) is 5.84 Å². The van der Waals surface area contributed by atoms with Gasteiger partial charge in [0.2, 0.25) is 0 Å². The van der Waals surface area contributed by atoms with E-state index >= 15 is 0 Å². The predicted molar refractivity (Wildman–Crippen MR) is 137 cm³/mol. The van der Waals surface area contributed by atoms with Gasteiger partial charge in [0.1, 0.15) is 21.9 Å². The van der Waals surface area contributed by atoms with Crippen LogP contribution in [0.5, 0.6) is 5.75 Å². The highest BCUT2D eigenvalue weighted by molar-refractivity contribution is 8.23. The lowest BCUT2D eigenvalue weighted by molar-refractivity contribution is 0.476. The average molecular weight is 488 g/mol. The monoisotopic (exact) mass is 487 g/mol. The number of anilines is 1. The molecule has 0 fully saturated rings. The summed E-state index contributed by atoms with van der Waals surface area (Å²) in [5, 5.41) is 15.5. The topological polar surface area (TPSA) is 136 Å². The number of para-hydroxylation sites is 2. The summed E-state index contributed by atoms with van der Waals surface area (Å²) >= 11 is 0. The Balaban J connectivity index is 1.49. The van der Waals surface area contributed by atoms with Gasteiger partial charge in [-0.15, -0.1) is 4.40 Å². The molecule has 10 heteroatoms. The smallest absolute Gasteiger partial charge is 0.267 e. The number of H-pyrrole nitrogens is 1. The second-order valence-electron chi connectivity index (χ2n) is 8.24. The summed E-state index contributed by atoms with van der Waals surface area (Å²) in [5.74, 6) is -0.417. The molecule has 0 bridgehead atoms. The quantitative estimate of drug-likeness (QED) is 0.249. The van der Waals surface area contributed by atoms with Crippen molar-refractivity contribution in [1.82, 2.24) is 14.5 Å². The number of amidine groups is 1. The molecule has 0 saturated carbocycles. The van der Waals surface area contributed by atoms with E-state index in [1.807, 2.05) is 30.5 Å². The van der Waals surface area contributed by atoms with E-state index in [-0.39, 0.29) is 22.0 Å². The number of pyridine rings is 2. The lowest BCUT2D eigenvalue weighted by Gasteiger charge is -2.34. The van der Waals surface area contributed by atoms with E-state index in [0.717, 1.165) is 16.5 Å². The SMILES string of the molecule is O=c1c(C2=NS(O)(O)c3ccccc3N2)c(O)c2cccnc2n1CCc1c[nH]c2ccccc12. The van der Waals surface area contributed by atoms with Crippen LogP contribution in [0.2, 0.25) is 0 Å². The molecule has 9 nitrogen and oxygen atoms in total. The molecule has 0 unspecified atom stereocenters. The first-order valence-corrected chi connectivity index (χ1v) is 12.4. The number of benzene rings is 2. The second-order valence-corrected chi connectivity index (χ2v) is 9.90. The van der Waals surface area contributed by atoms with Gasteiger partial charge < -0.3 is 15.4 Å². The largest absolute Gasteiger partial charge is 0.506 e. The van der Waals surface area contributed by atoms with Crippen LogP contribution < -0.4 is 10.9 Å². The van der Waals surface area contributed by atoms with Crippen LogP contribution in [0.15, 0.2) is 87.1 Å². The summed E-state index contributed by atoms with van der Waals surface area (Å²) in [7, 11) is -3.56. The number of aromatic nitrogens is 3. The summed E-state index contributed by atoms with van der Waals surface area (Å²) in [6, 6.07) is 17.9. The van der Waals surface area contributed by atoms with Crippen molar-refractivity contribution < 1.29 is 14.2 Å². The molecule has 5 aromatic rings. The Labute approximate surface area is 200 Å². The lowest BCUT2D eigenvalue weighted by atomic mass is 10.1. The number of aromatic amines is 1. The lowest BCUT2D eigenvalue weighted by Crippen LogP contribution is -2.32. The number of fused-ring (bicyclic) bond motifs is 3. The average Bonchev–Trinajstić information content (AvgIpc) is 3.27. The van der Waals surface area contributed by atoms with E-state index in [4.69, 9.17) is 0 Å². The molecule has 176 valence electrons. The predicted octanol–water partition coefficient (Wildman–Crippen LogP) is 4.72. The zero-order valence-corrected chi connectivity index (χ0v) is 19.2. The van der Waals surface area contributed by atoms with E-state index < -0.39 is 16.3 Å². The Morgan fingerprint density at radius 1 is 0.971 bits per heavy atom. The Bertz CT molecular complexity index is 1710. The van der Waals surface area contributed by atoms with Gasteiger partial charge in [-0.3, -0.25) is 18.5 Å². The number of rotatable bonds is 4. The Morgan fingerprint density at radius 3 is 2.63 bits per heavy atom. The fraction of sp³-hybridized carbons (Fsp3) is 0.0800. The molecule has 35 heavy (non-hydrogen) atoms. The molecule has 0 atom stereocenters. The molecule has 2 aromatic carbocycles. The van der Waals surface area contributed by atoms with Crippen molar-refractivity contribution in [3.8, 4) is 5.75 Å². The molecule has 4 heterocycles. The van der Waals surface area contributed by atoms with Crippen LogP contribution in [-0.2, 0) is 13.0 Å². The van der Waals surface area contributed by atoms with Crippen molar-refractivity contribution >= 4 is 44.2 Å². The van der Waals surface area contributed by atoms with Crippen molar-refractivity contribution in [1.29, 1.82) is 0 Å². The van der Waals surface area contributed by atoms with Gasteiger partial charge in [0, 0.05) is 29.8 Å². The first-order valence-electron chi connectivity index (χ1n) is 10.9. The normalized spacial score (nSPS) is 15.4. The van der Waals surface area contributed by atoms with Gasteiger partial charge in [0.25, 0.3) is 5.56 Å². The van der Waals surface area contributed by atoms with Crippen molar-refractivity contribution in [2.24, 2.45) is 4.40 Å². The number of aryl methyl sites for hydroxylation is 2. The maximum Gasteiger partial charge on any atom is 0.267 e. The van der Waals surface area contributed by atoms with Crippen LogP contribution in [0, 0.1) is 0 Å². The third-order valence-electron chi connectivity index (χ3n) is 6.16. The zero-order valence-electron chi connectivity index (χ0n) is 18.3. The summed E-state index contributed by atoms with van der Waals surface area (Å²) in [6.07, 6.45) is 4.02. The Hall–Kier alpha value is -4.12. The molecular weight excluding hydrogens is 466 g/mol. The molecule has 0 spiro atoms. The highest BCUT2D eigenvalue weighted by Crippen LogP contribution is 2.55. The van der Waals surface area contributed by atoms with E-state index in [2.05, 4.69) is 19.7 Å². The second kappa shape index (κ2) is 7.98. The van der Waals surface area contributed by atoms with Gasteiger partial charge in [-0.2, -0.15) is 0 Å². The van der Waals surface area contributed by atoms with Crippen LogP contribution in [0.1, 0.15) is 11.1 Å². The third-order valence-corrected chi connectivity index (χ3v) is 7.55. The third kappa shape index (κ3) is 3.46. The molecule has 1 aliphatic heterocycles. The fourth-order valence-corrected chi connectivity index (χ4v) is 5.66. The first-order chi connectivity index (χ1) is 16.9. The maximum atomic E-state index is 13.7. The minimum absolute atomic E-state index is 0.0993. The Kier molecular flexibility index (Phi) is 4.88. The molecule has 0 saturated heterocycles. The van der Waals surface area contributed by atoms with Gasteiger partial charge in [-0.05, 0) is 42.3 Å². The number of nitrogens with zero attached hydrogens (tertiary/aromatic N) is 3. The summed E-state index contributed by atoms with van der Waals surface area (Å²) in [6.45, 7) is 0.293. The zero-order chi connectivity index (χ0) is 24.2. The van der Waals surface area contributed by atoms with Crippen LogP contribution in [0.25, 0.3) is 21.9 Å². The van der Waals surface area contributed by atoms with Crippen molar-refractivity contribution in [2.75, 3.05) is 5.32 Å². The molecule has 1 aliphatic rings. The Morgan fingerprint density at radius 2 is 1.74 bits per heavy atom. The summed E-state index contributed by atoms with van der Waals surface area (Å²) in [5.41, 5.74) is 2.12. The number of hydrogen-bond donors (Lipinski definition) is 5. The van der Waals surface area contributed by atoms with Gasteiger partial charge in [-0.25, -0.2) is 4.98 Å². The van der Waals surface area contributed by atoms with Gasteiger partial charge in [0.05, 0.1) is 11.1 Å². The highest BCUT2D eigenvalue weighted by atomic mass is 32.3. The van der Waals surface area contributed by atoms with Gasteiger partial charge >= 0.3 is 0 Å². The minimum atomic E-state index is -3.56. The van der Waals surface area contributed by atoms with Crippen LogP contribution >= 0.6 is 10.8 Å². The first kappa shape index (κ1) is 21.4. The number of hydrogen-bond acceptors (Lipinski definition) is 7.